The van der Waals surface area contributed by atoms with Crippen LogP contribution in [0.5, 0.6) is 0 Å². The summed E-state index contributed by atoms with van der Waals surface area (Å²) in [6, 6.07) is 0. The lowest BCUT2D eigenvalue weighted by Crippen LogP contribution is -2.80. The van der Waals surface area contributed by atoms with E-state index in [2.05, 4.69) is 17.0 Å². The summed E-state index contributed by atoms with van der Waals surface area (Å²) in [5, 5.41) is 13.6. The van der Waals surface area contributed by atoms with Gasteiger partial charge in [-0.2, -0.15) is 0 Å². The highest BCUT2D eigenvalue weighted by atomic mass is 16.6. The van der Waals surface area contributed by atoms with Crippen molar-refractivity contribution < 1.29 is 19.4 Å². The molecule has 2 saturated heterocycles. The molecule has 22 heavy (non-hydrogen) atoms. The fraction of sp³-hybridized carbons (Fsp3) is 0.688. The summed E-state index contributed by atoms with van der Waals surface area (Å²) in [5.74, 6) is -1.44. The lowest BCUT2D eigenvalue weighted by molar-refractivity contribution is -0.238. The molecule has 6 heteroatoms. The van der Waals surface area contributed by atoms with E-state index in [4.69, 9.17) is 4.74 Å². The molecule has 0 saturated carbocycles. The topological polar surface area (TPSA) is 88.0 Å². The molecule has 0 aromatic carbocycles. The number of hydrogen-bond donors (Lipinski definition) is 2. The third kappa shape index (κ3) is 1.79. The normalized spacial score (nSPS) is 41.2. The number of amides is 1. The first kappa shape index (κ1) is 15.2. The second-order valence-electron chi connectivity index (χ2n) is 6.55. The Hall–Kier alpha value is -1.69. The Morgan fingerprint density at radius 1 is 1.59 bits per heavy atom. The van der Waals surface area contributed by atoms with Crippen LogP contribution < -0.4 is 5.32 Å². The predicted octanol–water partition coefficient (Wildman–Crippen LogP) is 0.595. The van der Waals surface area contributed by atoms with Crippen LogP contribution in [0.25, 0.3) is 0 Å². The smallest absolute Gasteiger partial charge is 0.339 e. The Morgan fingerprint density at radius 2 is 2.36 bits per heavy atom. The van der Waals surface area contributed by atoms with Crippen LogP contribution in [0, 0.1) is 11.8 Å². The van der Waals surface area contributed by atoms with E-state index in [9.17, 15) is 14.7 Å². The number of carbonyl (C=O) groups excluding carboxylic acids is 2. The van der Waals surface area contributed by atoms with E-state index in [0.717, 1.165) is 19.3 Å². The minimum Gasteiger partial charge on any atom is -0.453 e. The van der Waals surface area contributed by atoms with E-state index in [1.54, 1.807) is 6.92 Å². The number of rotatable bonds is 5. The van der Waals surface area contributed by atoms with Crippen LogP contribution in [0.4, 0.5) is 0 Å². The van der Waals surface area contributed by atoms with Gasteiger partial charge in [0, 0.05) is 12.5 Å². The first-order valence-electron chi connectivity index (χ1n) is 7.80. The van der Waals surface area contributed by atoms with Crippen molar-refractivity contribution in [3.05, 3.63) is 12.2 Å². The molecule has 0 aromatic rings. The van der Waals surface area contributed by atoms with E-state index in [0.29, 0.717) is 13.0 Å². The summed E-state index contributed by atoms with van der Waals surface area (Å²) < 4.78 is 5.38. The number of allylic oxidation sites excluding steroid dienone is 1. The summed E-state index contributed by atoms with van der Waals surface area (Å²) >= 11 is 0. The average molecular weight is 306 g/mol. The van der Waals surface area contributed by atoms with Crippen LogP contribution in [0.2, 0.25) is 0 Å². The van der Waals surface area contributed by atoms with E-state index in [-0.39, 0.29) is 11.8 Å². The average Bonchev–Trinajstić information content (AvgIpc) is 2.69. The van der Waals surface area contributed by atoms with Crippen molar-refractivity contribution in [1.29, 1.82) is 0 Å². The van der Waals surface area contributed by atoms with Gasteiger partial charge in [-0.05, 0) is 39.3 Å². The molecule has 0 unspecified atom stereocenters. The fourth-order valence-electron chi connectivity index (χ4n) is 4.10. The van der Waals surface area contributed by atoms with Gasteiger partial charge in [-0.3, -0.25) is 4.79 Å². The minimum atomic E-state index is -1.33. The first-order chi connectivity index (χ1) is 10.5. The molecule has 2 aliphatic heterocycles. The molecule has 1 amide bonds. The van der Waals surface area contributed by atoms with Gasteiger partial charge in [-0.25, -0.2) is 4.79 Å². The summed E-state index contributed by atoms with van der Waals surface area (Å²) in [7, 11) is 0. The zero-order chi connectivity index (χ0) is 16.0. The Labute approximate surface area is 129 Å². The number of hydrogen-bond acceptors (Lipinski definition) is 5. The molecule has 2 fully saturated rings. The summed E-state index contributed by atoms with van der Waals surface area (Å²) in [6.07, 6.45) is 6.20. The number of aliphatic hydroxyl groups is 1. The molecule has 3 aliphatic rings. The standard InChI is InChI=1S/C16H22N2O4/c1-15-11(8-9-17-2)13(20)18-16(15,14(21)22-15)12(19)10-6-4-3-5-7-10/h4,6,10-12,19H,2-3,5,7-9H2,1H3,(H,18,20)/t10-,11+,12+,15+,16+/m1/s1. The Balaban J connectivity index is 1.91. The molecule has 3 rings (SSSR count). The van der Waals surface area contributed by atoms with Crippen molar-refractivity contribution in [3.8, 4) is 0 Å². The molecule has 5 atom stereocenters. The van der Waals surface area contributed by atoms with Crippen molar-refractivity contribution >= 4 is 18.6 Å². The van der Waals surface area contributed by atoms with Gasteiger partial charge in [0.1, 0.15) is 0 Å². The summed E-state index contributed by atoms with van der Waals surface area (Å²) in [6.45, 7) is 5.57. The van der Waals surface area contributed by atoms with Crippen LogP contribution in [0.3, 0.4) is 0 Å². The van der Waals surface area contributed by atoms with Crippen LogP contribution in [0.15, 0.2) is 17.1 Å². The second kappa shape index (κ2) is 5.19. The van der Waals surface area contributed by atoms with Crippen LogP contribution >= 0.6 is 0 Å². The number of carbonyl (C=O) groups is 2. The fourth-order valence-corrected chi connectivity index (χ4v) is 4.10. The molecule has 120 valence electrons. The van der Waals surface area contributed by atoms with Gasteiger partial charge in [-0.15, -0.1) is 0 Å². The van der Waals surface area contributed by atoms with Gasteiger partial charge in [0.25, 0.3) is 0 Å². The lowest BCUT2D eigenvalue weighted by atomic mass is 9.64. The molecule has 0 spiro atoms. The second-order valence-corrected chi connectivity index (χ2v) is 6.55. The summed E-state index contributed by atoms with van der Waals surface area (Å²) in [5.41, 5.74) is -2.35. The van der Waals surface area contributed by atoms with Crippen LogP contribution in [-0.2, 0) is 14.3 Å². The van der Waals surface area contributed by atoms with Gasteiger partial charge in [0.15, 0.2) is 5.60 Å². The van der Waals surface area contributed by atoms with Crippen molar-refractivity contribution in [2.75, 3.05) is 6.54 Å². The van der Waals surface area contributed by atoms with E-state index >= 15 is 0 Å². The molecule has 6 nitrogen and oxygen atoms in total. The maximum absolute atomic E-state index is 12.3. The molecule has 2 heterocycles. The number of aliphatic hydroxyl groups excluding tert-OH is 1. The zero-order valence-corrected chi connectivity index (χ0v) is 12.7. The van der Waals surface area contributed by atoms with E-state index < -0.39 is 29.1 Å². The predicted molar refractivity (Wildman–Crippen MR) is 80.4 cm³/mol. The van der Waals surface area contributed by atoms with Crippen molar-refractivity contribution in [1.82, 2.24) is 5.32 Å². The number of fused-ring (bicyclic) bond motifs is 1. The van der Waals surface area contributed by atoms with Crippen molar-refractivity contribution in [2.45, 2.75) is 49.9 Å². The Bertz CT molecular complexity index is 544. The van der Waals surface area contributed by atoms with Gasteiger partial charge >= 0.3 is 5.97 Å². The molecular formula is C16H22N2O4. The summed E-state index contributed by atoms with van der Waals surface area (Å²) in [4.78, 5) is 28.4. The van der Waals surface area contributed by atoms with Gasteiger partial charge < -0.3 is 20.2 Å². The number of ether oxygens (including phenoxy) is 1. The maximum Gasteiger partial charge on any atom is 0.339 e. The Kier molecular flexibility index (Phi) is 3.59. The number of nitrogens with one attached hydrogen (secondary N) is 1. The molecule has 2 N–H and O–H groups in total. The van der Waals surface area contributed by atoms with E-state index in [1.807, 2.05) is 12.2 Å². The lowest BCUT2D eigenvalue weighted by Gasteiger charge is -2.54. The number of nitrogens with zero attached hydrogens (tertiary/aromatic N) is 1. The molecular weight excluding hydrogens is 284 g/mol. The Morgan fingerprint density at radius 3 is 2.95 bits per heavy atom. The van der Waals surface area contributed by atoms with Gasteiger partial charge in [0.05, 0.1) is 12.0 Å². The number of aliphatic imine (C=N–C) groups is 1. The quantitative estimate of drug-likeness (QED) is 0.442. The largest absolute Gasteiger partial charge is 0.453 e. The monoisotopic (exact) mass is 306 g/mol. The SMILES string of the molecule is C=NCC[C@H]1C(=O)N[C@@]2([C@@H](O)[C@@H]3C=CCCC3)C(=O)O[C@@]12C. The first-order valence-corrected chi connectivity index (χ1v) is 7.80. The molecule has 0 bridgehead atoms. The highest BCUT2D eigenvalue weighted by Gasteiger charge is 2.79. The highest BCUT2D eigenvalue weighted by Crippen LogP contribution is 2.53. The highest BCUT2D eigenvalue weighted by molar-refractivity contribution is 6.01. The van der Waals surface area contributed by atoms with Gasteiger partial charge in [0.2, 0.25) is 11.4 Å². The zero-order valence-electron chi connectivity index (χ0n) is 12.7. The third-order valence-corrected chi connectivity index (χ3v) is 5.43. The van der Waals surface area contributed by atoms with Crippen LogP contribution in [-0.4, -0.2) is 47.5 Å². The van der Waals surface area contributed by atoms with Crippen molar-refractivity contribution in [2.24, 2.45) is 16.8 Å². The van der Waals surface area contributed by atoms with Gasteiger partial charge in [-0.1, -0.05) is 12.2 Å². The van der Waals surface area contributed by atoms with Crippen LogP contribution in [0.1, 0.15) is 32.6 Å². The minimum absolute atomic E-state index is 0.141. The molecule has 1 aliphatic carbocycles. The molecule has 0 radical (unpaired) electrons. The number of esters is 1. The van der Waals surface area contributed by atoms with E-state index in [1.165, 1.54) is 0 Å². The molecule has 0 aromatic heterocycles. The van der Waals surface area contributed by atoms with Crippen molar-refractivity contribution in [3.63, 3.8) is 0 Å². The maximum atomic E-state index is 12.3. The third-order valence-electron chi connectivity index (χ3n) is 5.43.